The molecule has 2 aromatic carbocycles. The van der Waals surface area contributed by atoms with E-state index >= 15 is 0 Å². The molecule has 2 aromatic rings. The molecule has 2 rings (SSSR count). The van der Waals surface area contributed by atoms with Crippen LogP contribution in [0, 0.1) is 0 Å². The third-order valence-electron chi connectivity index (χ3n) is 4.01. The van der Waals surface area contributed by atoms with Gasteiger partial charge in [0.15, 0.2) is 0 Å². The fourth-order valence-electron chi connectivity index (χ4n) is 2.70. The molecule has 3 nitrogen and oxygen atoms in total. The second kappa shape index (κ2) is 8.70. The highest BCUT2D eigenvalue weighted by atomic mass is 15.3. The Balaban J connectivity index is 1.84. The molecule has 0 aliphatic rings. The van der Waals surface area contributed by atoms with Gasteiger partial charge in [-0.2, -0.15) is 0 Å². The molecule has 0 atom stereocenters. The van der Waals surface area contributed by atoms with Gasteiger partial charge in [0.25, 0.3) is 0 Å². The second-order valence-corrected chi connectivity index (χ2v) is 6.52. The zero-order valence-corrected chi connectivity index (χ0v) is 14.7. The molecule has 23 heavy (non-hydrogen) atoms. The molecule has 0 unspecified atom stereocenters. The number of benzene rings is 2. The van der Waals surface area contributed by atoms with Gasteiger partial charge in [-0.05, 0) is 51.0 Å². The van der Waals surface area contributed by atoms with Gasteiger partial charge in [0, 0.05) is 30.9 Å². The lowest BCUT2D eigenvalue weighted by molar-refractivity contribution is 0.166. The van der Waals surface area contributed by atoms with E-state index < -0.39 is 0 Å². The molecule has 124 valence electrons. The lowest BCUT2D eigenvalue weighted by atomic mass is 10.1. The molecule has 2 N–H and O–H groups in total. The summed E-state index contributed by atoms with van der Waals surface area (Å²) in [5, 5.41) is 0. The maximum atomic E-state index is 3.25. The van der Waals surface area contributed by atoms with E-state index in [0.29, 0.717) is 12.1 Å². The van der Waals surface area contributed by atoms with Crippen LogP contribution in [0.15, 0.2) is 54.6 Å². The molecule has 0 bridgehead atoms. The Morgan fingerprint density at radius 3 is 1.91 bits per heavy atom. The van der Waals surface area contributed by atoms with Gasteiger partial charge in [-0.1, -0.05) is 42.5 Å². The van der Waals surface area contributed by atoms with Gasteiger partial charge < -0.3 is 5.43 Å². The third-order valence-corrected chi connectivity index (χ3v) is 4.01. The van der Waals surface area contributed by atoms with Gasteiger partial charge in [0.05, 0.1) is 0 Å². The van der Waals surface area contributed by atoms with Crippen LogP contribution in [0.4, 0.5) is 5.69 Å². The number of nitrogens with one attached hydrogen (secondary N) is 2. The topological polar surface area (TPSA) is 27.3 Å². The quantitative estimate of drug-likeness (QED) is 0.707. The van der Waals surface area contributed by atoms with E-state index in [-0.39, 0.29) is 0 Å². The summed E-state index contributed by atoms with van der Waals surface area (Å²) >= 11 is 0. The van der Waals surface area contributed by atoms with Crippen molar-refractivity contribution in [2.75, 3.05) is 5.43 Å². The normalized spacial score (nSPS) is 11.4. The molecular formula is C20H29N3. The smallest absolute Gasteiger partial charge is 0.0487 e. The van der Waals surface area contributed by atoms with Crippen LogP contribution in [0.3, 0.4) is 0 Å². The fourth-order valence-corrected chi connectivity index (χ4v) is 2.70. The Hall–Kier alpha value is -1.84. The van der Waals surface area contributed by atoms with Crippen molar-refractivity contribution in [2.24, 2.45) is 0 Å². The maximum Gasteiger partial charge on any atom is 0.0487 e. The Labute approximate surface area is 140 Å². The lowest BCUT2D eigenvalue weighted by Crippen LogP contribution is -2.36. The van der Waals surface area contributed by atoms with E-state index in [9.17, 15) is 0 Å². The molecule has 0 spiro atoms. The standard InChI is InChI=1S/C20H29N3/c1-16(2)23(17(3)4)15-19-12-10-18(11-13-19)14-21-22-20-8-6-5-7-9-20/h5-13,16-17,21-22H,14-15H2,1-4H3. The molecule has 0 radical (unpaired) electrons. The van der Waals surface area contributed by atoms with Crippen molar-refractivity contribution >= 4 is 5.69 Å². The van der Waals surface area contributed by atoms with Gasteiger partial charge in [-0.15, -0.1) is 0 Å². The number of anilines is 1. The lowest BCUT2D eigenvalue weighted by Gasteiger charge is -2.30. The van der Waals surface area contributed by atoms with Crippen molar-refractivity contribution in [2.45, 2.75) is 52.9 Å². The van der Waals surface area contributed by atoms with Gasteiger partial charge in [0.1, 0.15) is 0 Å². The number of hydrogen-bond acceptors (Lipinski definition) is 3. The summed E-state index contributed by atoms with van der Waals surface area (Å²) in [6, 6.07) is 20.1. The van der Waals surface area contributed by atoms with Crippen LogP contribution < -0.4 is 10.9 Å². The predicted octanol–water partition coefficient (Wildman–Crippen LogP) is 4.42. The minimum atomic E-state index is 0.561. The van der Waals surface area contributed by atoms with Crippen LogP contribution in [0.25, 0.3) is 0 Å². The number of hydrazine groups is 1. The fraction of sp³-hybridized carbons (Fsp3) is 0.400. The van der Waals surface area contributed by atoms with E-state index in [1.807, 2.05) is 30.3 Å². The number of hydrogen-bond donors (Lipinski definition) is 2. The first-order chi connectivity index (χ1) is 11.1. The van der Waals surface area contributed by atoms with E-state index in [1.54, 1.807) is 0 Å². The minimum absolute atomic E-state index is 0.561. The first kappa shape index (κ1) is 17.5. The van der Waals surface area contributed by atoms with E-state index in [1.165, 1.54) is 11.1 Å². The van der Waals surface area contributed by atoms with Gasteiger partial charge >= 0.3 is 0 Å². The second-order valence-electron chi connectivity index (χ2n) is 6.52. The van der Waals surface area contributed by atoms with Crippen LogP contribution in [0.2, 0.25) is 0 Å². The zero-order valence-electron chi connectivity index (χ0n) is 14.7. The Kier molecular flexibility index (Phi) is 6.63. The van der Waals surface area contributed by atoms with Gasteiger partial charge in [-0.3, -0.25) is 4.90 Å². The van der Waals surface area contributed by atoms with Crippen molar-refractivity contribution in [3.63, 3.8) is 0 Å². The van der Waals surface area contributed by atoms with Crippen LogP contribution in [-0.4, -0.2) is 17.0 Å². The van der Waals surface area contributed by atoms with Gasteiger partial charge in [-0.25, -0.2) is 5.43 Å². The minimum Gasteiger partial charge on any atom is -0.321 e. The summed E-state index contributed by atoms with van der Waals surface area (Å²) < 4.78 is 0. The Morgan fingerprint density at radius 1 is 0.783 bits per heavy atom. The molecule has 3 heteroatoms. The number of para-hydroxylation sites is 1. The third kappa shape index (κ3) is 5.70. The van der Waals surface area contributed by atoms with E-state index in [2.05, 4.69) is 67.7 Å². The summed E-state index contributed by atoms with van der Waals surface area (Å²) in [6.45, 7) is 10.8. The zero-order chi connectivity index (χ0) is 16.7. The van der Waals surface area contributed by atoms with Crippen LogP contribution in [0.1, 0.15) is 38.8 Å². The highest BCUT2D eigenvalue weighted by Crippen LogP contribution is 2.13. The molecule has 0 aliphatic carbocycles. The molecule has 0 aliphatic heterocycles. The van der Waals surface area contributed by atoms with E-state index in [0.717, 1.165) is 18.8 Å². The molecule has 0 aromatic heterocycles. The van der Waals surface area contributed by atoms with Gasteiger partial charge in [0.2, 0.25) is 0 Å². The highest BCUT2D eigenvalue weighted by molar-refractivity contribution is 5.41. The molecule has 0 saturated carbocycles. The maximum absolute atomic E-state index is 3.25. The van der Waals surface area contributed by atoms with Crippen LogP contribution >= 0.6 is 0 Å². The average molecular weight is 311 g/mol. The Morgan fingerprint density at radius 2 is 1.35 bits per heavy atom. The largest absolute Gasteiger partial charge is 0.321 e. The summed E-state index contributed by atoms with van der Waals surface area (Å²) in [6.07, 6.45) is 0. The SMILES string of the molecule is CC(C)N(Cc1ccc(CNNc2ccccc2)cc1)C(C)C. The van der Waals surface area contributed by atoms with Crippen molar-refractivity contribution < 1.29 is 0 Å². The predicted molar refractivity (Wildman–Crippen MR) is 99.2 cm³/mol. The first-order valence-electron chi connectivity index (χ1n) is 8.43. The number of rotatable bonds is 8. The highest BCUT2D eigenvalue weighted by Gasteiger charge is 2.13. The summed E-state index contributed by atoms with van der Waals surface area (Å²) in [4.78, 5) is 2.50. The van der Waals surface area contributed by atoms with Crippen LogP contribution in [0.5, 0.6) is 0 Å². The monoisotopic (exact) mass is 311 g/mol. The van der Waals surface area contributed by atoms with Crippen molar-refractivity contribution in [3.8, 4) is 0 Å². The van der Waals surface area contributed by atoms with Crippen molar-refractivity contribution in [1.82, 2.24) is 10.3 Å². The van der Waals surface area contributed by atoms with Crippen molar-refractivity contribution in [3.05, 3.63) is 65.7 Å². The molecule has 0 amide bonds. The molecule has 0 fully saturated rings. The summed E-state index contributed by atoms with van der Waals surface area (Å²) in [5.74, 6) is 0. The van der Waals surface area contributed by atoms with Crippen molar-refractivity contribution in [1.29, 1.82) is 0 Å². The number of nitrogens with zero attached hydrogens (tertiary/aromatic N) is 1. The average Bonchev–Trinajstić information content (AvgIpc) is 2.54. The Bertz CT molecular complexity index is 553. The molecule has 0 saturated heterocycles. The summed E-state index contributed by atoms with van der Waals surface area (Å²) in [7, 11) is 0. The first-order valence-corrected chi connectivity index (χ1v) is 8.43. The van der Waals surface area contributed by atoms with E-state index in [4.69, 9.17) is 0 Å². The molecule has 0 heterocycles. The summed E-state index contributed by atoms with van der Waals surface area (Å²) in [5.41, 5.74) is 10.2. The molecular weight excluding hydrogens is 282 g/mol. The van der Waals surface area contributed by atoms with Crippen LogP contribution in [-0.2, 0) is 13.1 Å².